The minimum atomic E-state index is -0.0704. The molecule has 2 atom stereocenters. The van der Waals surface area contributed by atoms with Gasteiger partial charge in [-0.3, -0.25) is 0 Å². The average Bonchev–Trinajstić information content (AvgIpc) is 2.19. The first kappa shape index (κ1) is 8.73. The lowest BCUT2D eigenvalue weighted by atomic mass is 10.1. The summed E-state index contributed by atoms with van der Waals surface area (Å²) in [6.45, 7) is 2.73. The van der Waals surface area contributed by atoms with Crippen LogP contribution in [0.2, 0.25) is 0 Å². The Morgan fingerprint density at radius 2 is 2.00 bits per heavy atom. The van der Waals surface area contributed by atoms with Crippen molar-refractivity contribution in [2.75, 3.05) is 6.61 Å². The van der Waals surface area contributed by atoms with E-state index in [9.17, 15) is 0 Å². The third-order valence-electron chi connectivity index (χ3n) is 2.26. The molecule has 2 nitrogen and oxygen atoms in total. The fourth-order valence-corrected chi connectivity index (χ4v) is 1.59. The lowest BCUT2D eigenvalue weighted by Crippen LogP contribution is -2.24. The Kier molecular flexibility index (Phi) is 2.62. The molecule has 1 saturated heterocycles. The van der Waals surface area contributed by atoms with Gasteiger partial charge in [-0.1, -0.05) is 30.3 Å². The van der Waals surface area contributed by atoms with E-state index in [1.807, 2.05) is 25.1 Å². The summed E-state index contributed by atoms with van der Waals surface area (Å²) in [7, 11) is 0. The highest BCUT2D eigenvalue weighted by molar-refractivity contribution is 5.17. The van der Waals surface area contributed by atoms with Gasteiger partial charge < -0.3 is 9.47 Å². The third-order valence-corrected chi connectivity index (χ3v) is 2.26. The fourth-order valence-electron chi connectivity index (χ4n) is 1.59. The summed E-state index contributed by atoms with van der Waals surface area (Å²) in [4.78, 5) is 0. The third kappa shape index (κ3) is 2.08. The highest BCUT2D eigenvalue weighted by Gasteiger charge is 2.20. The lowest BCUT2D eigenvalue weighted by molar-refractivity contribution is -0.204. The minimum absolute atomic E-state index is 0.0704. The molecular weight excluding hydrogens is 164 g/mol. The first-order valence-corrected chi connectivity index (χ1v) is 4.68. The van der Waals surface area contributed by atoms with Crippen LogP contribution in [0.15, 0.2) is 30.3 Å². The largest absolute Gasteiger partial charge is 0.353 e. The van der Waals surface area contributed by atoms with E-state index in [4.69, 9.17) is 9.47 Å². The van der Waals surface area contributed by atoms with Crippen molar-refractivity contribution in [2.45, 2.75) is 25.7 Å². The summed E-state index contributed by atoms with van der Waals surface area (Å²) < 4.78 is 11.0. The number of benzene rings is 1. The van der Waals surface area contributed by atoms with Crippen molar-refractivity contribution in [3.8, 4) is 0 Å². The van der Waals surface area contributed by atoms with Gasteiger partial charge in [0.05, 0.1) is 12.7 Å². The maximum atomic E-state index is 5.65. The number of hydrogen-bond donors (Lipinski definition) is 0. The molecule has 1 heterocycles. The zero-order valence-electron chi connectivity index (χ0n) is 7.77. The standard InChI is InChI=1S/C11H14O2/c1-9-12-8-7-11(13-9)10-5-3-2-4-6-10/h2-6,9,11H,7-8H2,1H3/t9-,11-/m1/s1. The predicted molar refractivity (Wildman–Crippen MR) is 50.3 cm³/mol. The van der Waals surface area contributed by atoms with Crippen molar-refractivity contribution < 1.29 is 9.47 Å². The van der Waals surface area contributed by atoms with Crippen LogP contribution in [0.5, 0.6) is 0 Å². The van der Waals surface area contributed by atoms with Crippen molar-refractivity contribution in [3.63, 3.8) is 0 Å². The monoisotopic (exact) mass is 178 g/mol. The molecule has 0 amide bonds. The highest BCUT2D eigenvalue weighted by atomic mass is 16.7. The molecule has 13 heavy (non-hydrogen) atoms. The maximum absolute atomic E-state index is 5.65. The average molecular weight is 178 g/mol. The minimum Gasteiger partial charge on any atom is -0.353 e. The lowest BCUT2D eigenvalue weighted by Gasteiger charge is -2.28. The number of ether oxygens (including phenoxy) is 2. The zero-order chi connectivity index (χ0) is 9.10. The Hall–Kier alpha value is -0.860. The maximum Gasteiger partial charge on any atom is 0.155 e. The Bertz CT molecular complexity index is 258. The molecular formula is C11H14O2. The van der Waals surface area contributed by atoms with E-state index in [2.05, 4.69) is 12.1 Å². The van der Waals surface area contributed by atoms with Gasteiger partial charge in [-0.15, -0.1) is 0 Å². The SMILES string of the molecule is C[C@@H]1OCC[C@H](c2ccccc2)O1. The normalized spacial score (nSPS) is 28.7. The number of rotatable bonds is 1. The Labute approximate surface area is 78.5 Å². The molecule has 0 saturated carbocycles. The van der Waals surface area contributed by atoms with Crippen LogP contribution in [-0.2, 0) is 9.47 Å². The first-order valence-electron chi connectivity index (χ1n) is 4.68. The second-order valence-corrected chi connectivity index (χ2v) is 3.26. The van der Waals surface area contributed by atoms with E-state index >= 15 is 0 Å². The highest BCUT2D eigenvalue weighted by Crippen LogP contribution is 2.26. The van der Waals surface area contributed by atoms with Crippen molar-refractivity contribution in [3.05, 3.63) is 35.9 Å². The summed E-state index contributed by atoms with van der Waals surface area (Å²) in [5.41, 5.74) is 1.25. The topological polar surface area (TPSA) is 18.5 Å². The smallest absolute Gasteiger partial charge is 0.155 e. The summed E-state index contributed by atoms with van der Waals surface area (Å²) in [5, 5.41) is 0. The second-order valence-electron chi connectivity index (χ2n) is 3.26. The quantitative estimate of drug-likeness (QED) is 0.657. The van der Waals surface area contributed by atoms with Gasteiger partial charge in [0.15, 0.2) is 6.29 Å². The van der Waals surface area contributed by atoms with E-state index < -0.39 is 0 Å². The van der Waals surface area contributed by atoms with Crippen LogP contribution in [0.4, 0.5) is 0 Å². The molecule has 2 rings (SSSR count). The molecule has 70 valence electrons. The van der Waals surface area contributed by atoms with Crippen LogP contribution in [0.25, 0.3) is 0 Å². The van der Waals surface area contributed by atoms with Crippen LogP contribution < -0.4 is 0 Å². The van der Waals surface area contributed by atoms with Crippen molar-refractivity contribution in [1.29, 1.82) is 0 Å². The van der Waals surface area contributed by atoms with Gasteiger partial charge in [-0.05, 0) is 12.5 Å². The molecule has 0 N–H and O–H groups in total. The van der Waals surface area contributed by atoms with E-state index in [1.54, 1.807) is 0 Å². The number of hydrogen-bond acceptors (Lipinski definition) is 2. The summed E-state index contributed by atoms with van der Waals surface area (Å²) in [6.07, 6.45) is 1.10. The van der Waals surface area contributed by atoms with Gasteiger partial charge in [0, 0.05) is 6.42 Å². The summed E-state index contributed by atoms with van der Waals surface area (Å²) >= 11 is 0. The molecule has 1 aliphatic rings. The molecule has 1 fully saturated rings. The van der Waals surface area contributed by atoms with E-state index in [0.717, 1.165) is 13.0 Å². The Morgan fingerprint density at radius 3 is 2.69 bits per heavy atom. The van der Waals surface area contributed by atoms with Crippen LogP contribution in [0.1, 0.15) is 25.0 Å². The molecule has 0 aromatic heterocycles. The molecule has 1 aliphatic heterocycles. The molecule has 0 bridgehead atoms. The van der Waals surface area contributed by atoms with Crippen LogP contribution in [0.3, 0.4) is 0 Å². The van der Waals surface area contributed by atoms with E-state index in [-0.39, 0.29) is 12.4 Å². The van der Waals surface area contributed by atoms with Gasteiger partial charge in [0.25, 0.3) is 0 Å². The molecule has 0 unspecified atom stereocenters. The summed E-state index contributed by atoms with van der Waals surface area (Å²) in [6, 6.07) is 10.3. The van der Waals surface area contributed by atoms with E-state index in [0.29, 0.717) is 0 Å². The zero-order valence-corrected chi connectivity index (χ0v) is 7.77. The molecule has 1 aromatic carbocycles. The van der Waals surface area contributed by atoms with Gasteiger partial charge in [-0.25, -0.2) is 0 Å². The van der Waals surface area contributed by atoms with Gasteiger partial charge in [0.2, 0.25) is 0 Å². The second kappa shape index (κ2) is 3.90. The van der Waals surface area contributed by atoms with Crippen molar-refractivity contribution in [1.82, 2.24) is 0 Å². The van der Waals surface area contributed by atoms with E-state index in [1.165, 1.54) is 5.56 Å². The Balaban J connectivity index is 2.08. The fraction of sp³-hybridized carbons (Fsp3) is 0.455. The molecule has 0 radical (unpaired) electrons. The van der Waals surface area contributed by atoms with Crippen molar-refractivity contribution in [2.24, 2.45) is 0 Å². The van der Waals surface area contributed by atoms with Crippen molar-refractivity contribution >= 4 is 0 Å². The van der Waals surface area contributed by atoms with Crippen LogP contribution in [0, 0.1) is 0 Å². The van der Waals surface area contributed by atoms with Crippen LogP contribution in [-0.4, -0.2) is 12.9 Å². The van der Waals surface area contributed by atoms with Crippen LogP contribution >= 0.6 is 0 Å². The molecule has 0 spiro atoms. The molecule has 2 heteroatoms. The van der Waals surface area contributed by atoms with Gasteiger partial charge in [0.1, 0.15) is 0 Å². The molecule has 1 aromatic rings. The first-order chi connectivity index (χ1) is 6.36. The summed E-state index contributed by atoms with van der Waals surface area (Å²) in [5.74, 6) is 0. The predicted octanol–water partition coefficient (Wildman–Crippen LogP) is 2.51. The van der Waals surface area contributed by atoms with Gasteiger partial charge >= 0.3 is 0 Å². The molecule has 0 aliphatic carbocycles. The van der Waals surface area contributed by atoms with Gasteiger partial charge in [-0.2, -0.15) is 0 Å². The Morgan fingerprint density at radius 1 is 1.23 bits per heavy atom.